The molecule has 19 heavy (non-hydrogen) atoms. The second-order valence-electron chi connectivity index (χ2n) is 6.02. The molecule has 0 atom stereocenters. The lowest BCUT2D eigenvalue weighted by molar-refractivity contribution is 0.198. The number of hydrogen-bond acceptors (Lipinski definition) is 5. The summed E-state index contributed by atoms with van der Waals surface area (Å²) >= 11 is 5.88. The summed E-state index contributed by atoms with van der Waals surface area (Å²) in [6.45, 7) is 8.80. The first kappa shape index (κ1) is 14.3. The number of ether oxygens (including phenoxy) is 1. The van der Waals surface area contributed by atoms with Crippen LogP contribution in [0.25, 0.3) is 0 Å². The highest BCUT2D eigenvalue weighted by Gasteiger charge is 2.29. The van der Waals surface area contributed by atoms with Gasteiger partial charge in [0.25, 0.3) is 0 Å². The molecule has 1 fully saturated rings. The first-order chi connectivity index (χ1) is 8.90. The maximum Gasteiger partial charge on any atom is 0.322 e. The summed E-state index contributed by atoms with van der Waals surface area (Å²) in [5.74, 6) is 1.35. The predicted molar refractivity (Wildman–Crippen MR) is 75.8 cm³/mol. The largest absolute Gasteiger partial charge is 0.467 e. The summed E-state index contributed by atoms with van der Waals surface area (Å²) in [4.78, 5) is 14.5. The lowest BCUT2D eigenvalue weighted by Crippen LogP contribution is -2.38. The van der Waals surface area contributed by atoms with E-state index in [1.54, 1.807) is 0 Å². The number of halogens is 1. The van der Waals surface area contributed by atoms with Gasteiger partial charge in [-0.1, -0.05) is 20.8 Å². The topological polar surface area (TPSA) is 51.1 Å². The van der Waals surface area contributed by atoms with E-state index >= 15 is 0 Å². The summed E-state index contributed by atoms with van der Waals surface area (Å²) in [6.07, 6.45) is 2.30. The van der Waals surface area contributed by atoms with Gasteiger partial charge < -0.3 is 9.64 Å². The lowest BCUT2D eigenvalue weighted by atomic mass is 9.75. The molecule has 106 valence electrons. The molecule has 0 aliphatic carbocycles. The number of aromatic nitrogens is 3. The van der Waals surface area contributed by atoms with E-state index in [0.717, 1.165) is 31.8 Å². The number of methoxy groups -OCH3 is 1. The van der Waals surface area contributed by atoms with Gasteiger partial charge in [0.1, 0.15) is 0 Å². The van der Waals surface area contributed by atoms with E-state index in [4.69, 9.17) is 16.3 Å². The fraction of sp³-hybridized carbons (Fsp3) is 0.769. The van der Waals surface area contributed by atoms with Crippen molar-refractivity contribution >= 4 is 17.5 Å². The Morgan fingerprint density at radius 2 is 1.79 bits per heavy atom. The summed E-state index contributed by atoms with van der Waals surface area (Å²) in [7, 11) is 1.53. The van der Waals surface area contributed by atoms with E-state index in [2.05, 4.69) is 40.6 Å². The molecule has 1 aromatic rings. The van der Waals surface area contributed by atoms with E-state index in [-0.39, 0.29) is 11.3 Å². The smallest absolute Gasteiger partial charge is 0.322 e. The van der Waals surface area contributed by atoms with Gasteiger partial charge in [0.15, 0.2) is 0 Å². The van der Waals surface area contributed by atoms with Crippen LogP contribution in [0.15, 0.2) is 0 Å². The Morgan fingerprint density at radius 3 is 2.32 bits per heavy atom. The summed E-state index contributed by atoms with van der Waals surface area (Å²) in [5, 5.41) is 0.180. The third-order valence-electron chi connectivity index (χ3n) is 3.76. The van der Waals surface area contributed by atoms with Gasteiger partial charge in [-0.15, -0.1) is 0 Å². The minimum Gasteiger partial charge on any atom is -0.467 e. The SMILES string of the molecule is COc1nc(Cl)nc(N2CCC(C(C)(C)C)CC2)n1. The zero-order chi connectivity index (χ0) is 14.0. The molecule has 0 aromatic carbocycles. The van der Waals surface area contributed by atoms with Gasteiger partial charge in [0.2, 0.25) is 11.2 Å². The van der Waals surface area contributed by atoms with Crippen LogP contribution < -0.4 is 9.64 Å². The summed E-state index contributed by atoms with van der Waals surface area (Å²) in [6, 6.07) is 0.271. The van der Waals surface area contributed by atoms with Crippen LogP contribution in [0.3, 0.4) is 0 Å². The van der Waals surface area contributed by atoms with Crippen LogP contribution in [0, 0.1) is 11.3 Å². The molecular formula is C13H21ClN4O. The quantitative estimate of drug-likeness (QED) is 0.836. The van der Waals surface area contributed by atoms with E-state index < -0.39 is 0 Å². The van der Waals surface area contributed by atoms with Crippen LogP contribution in [-0.4, -0.2) is 35.2 Å². The van der Waals surface area contributed by atoms with Crippen LogP contribution in [0.1, 0.15) is 33.6 Å². The third kappa shape index (κ3) is 3.47. The number of nitrogens with zero attached hydrogens (tertiary/aromatic N) is 4. The number of anilines is 1. The molecule has 1 aliphatic rings. The van der Waals surface area contributed by atoms with Gasteiger partial charge in [-0.3, -0.25) is 0 Å². The predicted octanol–water partition coefficient (Wildman–Crippen LogP) is 2.80. The second kappa shape index (κ2) is 5.49. The second-order valence-corrected chi connectivity index (χ2v) is 6.36. The molecule has 0 amide bonds. The molecule has 0 unspecified atom stereocenters. The van der Waals surface area contributed by atoms with Crippen LogP contribution in [0.5, 0.6) is 6.01 Å². The standard InChI is InChI=1S/C13H21ClN4O/c1-13(2,3)9-5-7-18(8-6-9)11-15-10(14)16-12(17-11)19-4/h9H,5-8H2,1-4H3. The first-order valence-corrected chi connectivity index (χ1v) is 6.98. The van der Waals surface area contributed by atoms with Crippen molar-refractivity contribution in [3.8, 4) is 6.01 Å². The minimum absolute atomic E-state index is 0.180. The van der Waals surface area contributed by atoms with E-state index in [1.165, 1.54) is 7.11 Å². The normalized spacial score (nSPS) is 17.6. The Labute approximate surface area is 119 Å². The van der Waals surface area contributed by atoms with Gasteiger partial charge in [-0.05, 0) is 35.8 Å². The van der Waals surface area contributed by atoms with Crippen LogP contribution in [0.4, 0.5) is 5.95 Å². The first-order valence-electron chi connectivity index (χ1n) is 6.60. The third-order valence-corrected chi connectivity index (χ3v) is 3.93. The van der Waals surface area contributed by atoms with Gasteiger partial charge in [0, 0.05) is 13.1 Å². The van der Waals surface area contributed by atoms with Crippen molar-refractivity contribution in [2.75, 3.05) is 25.1 Å². The Balaban J connectivity index is 2.07. The average Bonchev–Trinajstić information content (AvgIpc) is 2.37. The molecule has 1 aromatic heterocycles. The van der Waals surface area contributed by atoms with Gasteiger partial charge in [0.05, 0.1) is 7.11 Å². The zero-order valence-corrected chi connectivity index (χ0v) is 12.7. The number of rotatable bonds is 2. The highest BCUT2D eigenvalue weighted by Crippen LogP contribution is 2.35. The molecule has 0 spiro atoms. The Bertz CT molecular complexity index is 439. The summed E-state index contributed by atoms with van der Waals surface area (Å²) in [5.41, 5.74) is 0.362. The Morgan fingerprint density at radius 1 is 1.16 bits per heavy atom. The molecule has 2 heterocycles. The van der Waals surface area contributed by atoms with Gasteiger partial charge in [-0.2, -0.15) is 15.0 Å². The highest BCUT2D eigenvalue weighted by atomic mass is 35.5. The zero-order valence-electron chi connectivity index (χ0n) is 12.0. The van der Waals surface area contributed by atoms with E-state index in [0.29, 0.717) is 11.4 Å². The van der Waals surface area contributed by atoms with E-state index in [1.807, 2.05) is 0 Å². The maximum absolute atomic E-state index is 5.88. The van der Waals surface area contributed by atoms with Crippen molar-refractivity contribution in [1.29, 1.82) is 0 Å². The van der Waals surface area contributed by atoms with Crippen molar-refractivity contribution < 1.29 is 4.74 Å². The molecule has 0 N–H and O–H groups in total. The van der Waals surface area contributed by atoms with Gasteiger partial charge in [-0.25, -0.2) is 0 Å². The van der Waals surface area contributed by atoms with Gasteiger partial charge >= 0.3 is 6.01 Å². The van der Waals surface area contributed by atoms with E-state index in [9.17, 15) is 0 Å². The van der Waals surface area contributed by atoms with Crippen molar-refractivity contribution in [3.05, 3.63) is 5.28 Å². The Hall–Kier alpha value is -1.10. The molecule has 1 aliphatic heterocycles. The van der Waals surface area contributed by atoms with Crippen LogP contribution in [0.2, 0.25) is 5.28 Å². The maximum atomic E-state index is 5.88. The minimum atomic E-state index is 0.180. The fourth-order valence-corrected chi connectivity index (χ4v) is 2.65. The molecule has 0 radical (unpaired) electrons. The monoisotopic (exact) mass is 284 g/mol. The van der Waals surface area contributed by atoms with Crippen LogP contribution >= 0.6 is 11.6 Å². The lowest BCUT2D eigenvalue weighted by Gasteiger charge is -2.38. The molecule has 1 saturated heterocycles. The molecular weight excluding hydrogens is 264 g/mol. The molecule has 0 saturated carbocycles. The van der Waals surface area contributed by atoms with Crippen LogP contribution in [-0.2, 0) is 0 Å². The summed E-state index contributed by atoms with van der Waals surface area (Å²) < 4.78 is 5.03. The number of hydrogen-bond donors (Lipinski definition) is 0. The highest BCUT2D eigenvalue weighted by molar-refractivity contribution is 6.28. The Kier molecular flexibility index (Phi) is 4.13. The molecule has 6 heteroatoms. The molecule has 0 bridgehead atoms. The molecule has 5 nitrogen and oxygen atoms in total. The average molecular weight is 285 g/mol. The fourth-order valence-electron chi connectivity index (χ4n) is 2.50. The van der Waals surface area contributed by atoms with Crippen molar-refractivity contribution in [3.63, 3.8) is 0 Å². The molecule has 2 rings (SSSR count). The number of piperidine rings is 1. The van der Waals surface area contributed by atoms with Crippen molar-refractivity contribution in [1.82, 2.24) is 15.0 Å². The van der Waals surface area contributed by atoms with Crippen molar-refractivity contribution in [2.45, 2.75) is 33.6 Å². The van der Waals surface area contributed by atoms with Crippen molar-refractivity contribution in [2.24, 2.45) is 11.3 Å².